The molecular weight excluding hydrogens is 328 g/mol. The molecule has 0 bridgehead atoms. The first-order valence-electron chi connectivity index (χ1n) is 8.63. The number of hydrogen-bond acceptors (Lipinski definition) is 4. The zero-order chi connectivity index (χ0) is 18.7. The largest absolute Gasteiger partial charge is 0.481 e. The van der Waals surface area contributed by atoms with Gasteiger partial charge in [-0.3, -0.25) is 4.79 Å². The van der Waals surface area contributed by atoms with Gasteiger partial charge in [0.2, 0.25) is 0 Å². The fraction of sp³-hybridized carbons (Fsp3) is 0.273. The van der Waals surface area contributed by atoms with E-state index in [9.17, 15) is 9.59 Å². The Bertz CT molecular complexity index is 870. The number of benzene rings is 2. The van der Waals surface area contributed by atoms with Crippen molar-refractivity contribution in [3.63, 3.8) is 0 Å². The fourth-order valence-corrected chi connectivity index (χ4v) is 3.34. The summed E-state index contributed by atoms with van der Waals surface area (Å²) in [6.07, 6.45) is 3.59. The summed E-state index contributed by atoms with van der Waals surface area (Å²) in [5.74, 6) is 0.368. The molecule has 26 heavy (non-hydrogen) atoms. The van der Waals surface area contributed by atoms with Crippen LogP contribution in [0.15, 0.2) is 42.0 Å². The summed E-state index contributed by atoms with van der Waals surface area (Å²) in [5.41, 5.74) is 5.55. The number of esters is 1. The molecule has 0 aromatic heterocycles. The zero-order valence-electron chi connectivity index (χ0n) is 15.3. The Morgan fingerprint density at radius 1 is 1.12 bits per heavy atom. The lowest BCUT2D eigenvalue weighted by molar-refractivity contribution is -0.142. The van der Waals surface area contributed by atoms with Gasteiger partial charge in [-0.05, 0) is 67.2 Å². The highest BCUT2D eigenvalue weighted by Crippen LogP contribution is 2.29. The van der Waals surface area contributed by atoms with Gasteiger partial charge in [-0.1, -0.05) is 24.3 Å². The third kappa shape index (κ3) is 3.69. The Morgan fingerprint density at radius 2 is 1.81 bits per heavy atom. The van der Waals surface area contributed by atoms with Gasteiger partial charge in [-0.15, -0.1) is 0 Å². The van der Waals surface area contributed by atoms with Gasteiger partial charge in [-0.25, -0.2) is 4.79 Å². The van der Waals surface area contributed by atoms with Gasteiger partial charge in [0.05, 0.1) is 7.11 Å². The Labute approximate surface area is 153 Å². The topological polar surface area (TPSA) is 52.6 Å². The number of fused-ring (bicyclic) bond motifs is 1. The number of ketones is 1. The molecule has 3 rings (SSSR count). The summed E-state index contributed by atoms with van der Waals surface area (Å²) in [4.78, 5) is 24.0. The van der Waals surface area contributed by atoms with Crippen molar-refractivity contribution in [3.05, 3.63) is 69.8 Å². The molecule has 2 aromatic carbocycles. The predicted octanol–water partition coefficient (Wildman–Crippen LogP) is 4.07. The molecule has 1 aliphatic rings. The van der Waals surface area contributed by atoms with E-state index in [1.807, 2.05) is 56.3 Å². The number of rotatable bonds is 4. The van der Waals surface area contributed by atoms with Crippen molar-refractivity contribution in [2.45, 2.75) is 26.7 Å². The molecule has 0 spiro atoms. The molecule has 134 valence electrons. The maximum absolute atomic E-state index is 12.7. The highest BCUT2D eigenvalue weighted by Gasteiger charge is 2.21. The quantitative estimate of drug-likeness (QED) is 0.616. The molecule has 0 heterocycles. The third-order valence-electron chi connectivity index (χ3n) is 4.60. The van der Waals surface area contributed by atoms with Crippen LogP contribution in [0, 0.1) is 13.8 Å². The average Bonchev–Trinajstić information content (AvgIpc) is 2.63. The van der Waals surface area contributed by atoms with Crippen LogP contribution in [-0.2, 0) is 16.0 Å². The lowest BCUT2D eigenvalue weighted by Crippen LogP contribution is -2.14. The van der Waals surface area contributed by atoms with Crippen LogP contribution in [-0.4, -0.2) is 25.5 Å². The standard InChI is InChI=1S/C22H22O4/c1-14-10-16(11-15(2)22(14)26-13-20(23)25-3)12-18-9-8-17-6-4-5-7-19(17)21(18)24/h4-7,10-12H,8-9,13H2,1-3H3/b18-12+. The Balaban J connectivity index is 1.86. The number of aryl methyl sites for hydroxylation is 3. The number of carbonyl (C=O) groups excluding carboxylic acids is 2. The van der Waals surface area contributed by atoms with Crippen LogP contribution >= 0.6 is 0 Å². The average molecular weight is 350 g/mol. The number of ether oxygens (including phenoxy) is 2. The van der Waals surface area contributed by atoms with Gasteiger partial charge in [0.15, 0.2) is 12.4 Å². The minimum absolute atomic E-state index is 0.105. The minimum atomic E-state index is -0.415. The summed E-state index contributed by atoms with van der Waals surface area (Å²) in [6, 6.07) is 11.7. The summed E-state index contributed by atoms with van der Waals surface area (Å²) in [5, 5.41) is 0. The first kappa shape index (κ1) is 17.9. The van der Waals surface area contributed by atoms with Crippen LogP contribution in [0.4, 0.5) is 0 Å². The van der Waals surface area contributed by atoms with Crippen LogP contribution < -0.4 is 4.74 Å². The first-order chi connectivity index (χ1) is 12.5. The number of allylic oxidation sites excluding steroid dienone is 1. The van der Waals surface area contributed by atoms with Crippen LogP contribution in [0.5, 0.6) is 5.75 Å². The molecule has 0 fully saturated rings. The van der Waals surface area contributed by atoms with E-state index in [2.05, 4.69) is 4.74 Å². The van der Waals surface area contributed by atoms with E-state index in [0.717, 1.165) is 46.2 Å². The second-order valence-corrected chi connectivity index (χ2v) is 6.50. The maximum atomic E-state index is 12.7. The fourth-order valence-electron chi connectivity index (χ4n) is 3.34. The molecule has 0 saturated carbocycles. The van der Waals surface area contributed by atoms with E-state index in [4.69, 9.17) is 4.74 Å². The molecule has 4 heteroatoms. The van der Waals surface area contributed by atoms with E-state index in [-0.39, 0.29) is 12.4 Å². The van der Waals surface area contributed by atoms with E-state index < -0.39 is 5.97 Å². The smallest absolute Gasteiger partial charge is 0.343 e. The van der Waals surface area contributed by atoms with Crippen molar-refractivity contribution in [3.8, 4) is 5.75 Å². The summed E-state index contributed by atoms with van der Waals surface area (Å²) < 4.78 is 10.2. The Morgan fingerprint density at radius 3 is 2.50 bits per heavy atom. The highest BCUT2D eigenvalue weighted by molar-refractivity contribution is 6.13. The molecule has 0 N–H and O–H groups in total. The second-order valence-electron chi connectivity index (χ2n) is 6.50. The molecule has 0 atom stereocenters. The molecule has 0 aliphatic heterocycles. The predicted molar refractivity (Wildman–Crippen MR) is 100 cm³/mol. The number of methoxy groups -OCH3 is 1. The normalized spacial score (nSPS) is 14.9. The van der Waals surface area contributed by atoms with E-state index in [0.29, 0.717) is 5.75 Å². The van der Waals surface area contributed by atoms with Crippen molar-refractivity contribution < 1.29 is 19.1 Å². The van der Waals surface area contributed by atoms with Crippen molar-refractivity contribution in [2.24, 2.45) is 0 Å². The summed E-state index contributed by atoms with van der Waals surface area (Å²) in [6.45, 7) is 3.74. The first-order valence-corrected chi connectivity index (χ1v) is 8.63. The van der Waals surface area contributed by atoms with E-state index in [1.54, 1.807) is 0 Å². The molecule has 0 unspecified atom stereocenters. The second kappa shape index (κ2) is 7.56. The van der Waals surface area contributed by atoms with Gasteiger partial charge in [0.1, 0.15) is 5.75 Å². The molecular formula is C22H22O4. The lowest BCUT2D eigenvalue weighted by Gasteiger charge is -2.18. The number of Topliss-reactive ketones (excluding diaryl/α,β-unsaturated/α-hetero) is 1. The number of hydrogen-bond donors (Lipinski definition) is 0. The summed E-state index contributed by atoms with van der Waals surface area (Å²) in [7, 11) is 1.33. The highest BCUT2D eigenvalue weighted by atomic mass is 16.6. The van der Waals surface area contributed by atoms with Crippen LogP contribution in [0.3, 0.4) is 0 Å². The molecule has 0 amide bonds. The molecule has 0 radical (unpaired) electrons. The molecule has 0 saturated heterocycles. The van der Waals surface area contributed by atoms with Crippen LogP contribution in [0.2, 0.25) is 0 Å². The van der Waals surface area contributed by atoms with Crippen molar-refractivity contribution in [2.75, 3.05) is 13.7 Å². The Kier molecular flexibility index (Phi) is 5.21. The van der Waals surface area contributed by atoms with Crippen molar-refractivity contribution in [1.82, 2.24) is 0 Å². The zero-order valence-corrected chi connectivity index (χ0v) is 15.3. The van der Waals surface area contributed by atoms with E-state index in [1.165, 1.54) is 7.11 Å². The lowest BCUT2D eigenvalue weighted by atomic mass is 9.86. The SMILES string of the molecule is COC(=O)COc1c(C)cc(/C=C2\CCc3ccccc3C2=O)cc1C. The monoisotopic (exact) mass is 350 g/mol. The van der Waals surface area contributed by atoms with Gasteiger partial charge in [-0.2, -0.15) is 0 Å². The molecule has 2 aromatic rings. The van der Waals surface area contributed by atoms with Gasteiger partial charge >= 0.3 is 5.97 Å². The van der Waals surface area contributed by atoms with Gasteiger partial charge < -0.3 is 9.47 Å². The van der Waals surface area contributed by atoms with Crippen molar-refractivity contribution in [1.29, 1.82) is 0 Å². The maximum Gasteiger partial charge on any atom is 0.343 e. The minimum Gasteiger partial charge on any atom is -0.481 e. The van der Waals surface area contributed by atoms with Crippen molar-refractivity contribution >= 4 is 17.8 Å². The van der Waals surface area contributed by atoms with E-state index >= 15 is 0 Å². The third-order valence-corrected chi connectivity index (χ3v) is 4.60. The van der Waals surface area contributed by atoms with Crippen LogP contribution in [0.1, 0.15) is 39.0 Å². The van der Waals surface area contributed by atoms with Gasteiger partial charge in [0.25, 0.3) is 0 Å². The Hall–Kier alpha value is -2.88. The van der Waals surface area contributed by atoms with Crippen LogP contribution in [0.25, 0.3) is 6.08 Å². The summed E-state index contributed by atoms with van der Waals surface area (Å²) >= 11 is 0. The van der Waals surface area contributed by atoms with Gasteiger partial charge in [0, 0.05) is 11.1 Å². The molecule has 1 aliphatic carbocycles. The molecule has 4 nitrogen and oxygen atoms in total. The number of carbonyl (C=O) groups is 2.